The van der Waals surface area contributed by atoms with Gasteiger partial charge >= 0.3 is 0 Å². The average molecular weight is 297 g/mol. The molecule has 3 nitrogen and oxygen atoms in total. The summed E-state index contributed by atoms with van der Waals surface area (Å²) in [5.41, 5.74) is 8.33. The van der Waals surface area contributed by atoms with Gasteiger partial charge in [-0.2, -0.15) is 0 Å². The molecule has 0 radical (unpaired) electrons. The van der Waals surface area contributed by atoms with Crippen LogP contribution >= 0.6 is 11.6 Å². The molecule has 0 aromatic heterocycles. The molecule has 2 unspecified atom stereocenters. The summed E-state index contributed by atoms with van der Waals surface area (Å²) in [6.45, 7) is 7.01. The summed E-state index contributed by atoms with van der Waals surface area (Å²) in [5.74, 6) is 0. The van der Waals surface area contributed by atoms with Gasteiger partial charge in [-0.05, 0) is 43.9 Å². The van der Waals surface area contributed by atoms with E-state index in [9.17, 15) is 0 Å². The molecular weight excluding hydrogens is 272 g/mol. The molecule has 20 heavy (non-hydrogen) atoms. The number of nitrogens with zero attached hydrogens (tertiary/aromatic N) is 1. The number of halogens is 1. The minimum absolute atomic E-state index is 0.185. The molecular formula is C16H25ClN2O. The van der Waals surface area contributed by atoms with Crippen LogP contribution in [0.15, 0.2) is 18.2 Å². The summed E-state index contributed by atoms with van der Waals surface area (Å²) >= 11 is 6.41. The summed E-state index contributed by atoms with van der Waals surface area (Å²) in [7, 11) is 0. The molecule has 1 aliphatic rings. The Morgan fingerprint density at radius 2 is 2.30 bits per heavy atom. The lowest BCUT2D eigenvalue weighted by Crippen LogP contribution is -2.30. The van der Waals surface area contributed by atoms with Crippen molar-refractivity contribution in [3.8, 4) is 0 Å². The second-order valence-corrected chi connectivity index (χ2v) is 6.04. The first-order valence-electron chi connectivity index (χ1n) is 7.50. The van der Waals surface area contributed by atoms with Gasteiger partial charge in [0.05, 0.1) is 6.10 Å². The zero-order valence-electron chi connectivity index (χ0n) is 12.4. The largest absolute Gasteiger partial charge is 0.377 e. The highest BCUT2D eigenvalue weighted by Gasteiger charge is 2.16. The van der Waals surface area contributed by atoms with Crippen LogP contribution in [-0.4, -0.2) is 31.8 Å². The normalized spacial score (nSPS) is 21.6. The first-order valence-corrected chi connectivity index (χ1v) is 7.88. The summed E-state index contributed by atoms with van der Waals surface area (Å²) in [4.78, 5) is 2.35. The molecule has 0 aliphatic carbocycles. The van der Waals surface area contributed by atoms with Crippen LogP contribution < -0.4 is 10.6 Å². The third-order valence-corrected chi connectivity index (χ3v) is 4.21. The summed E-state index contributed by atoms with van der Waals surface area (Å²) in [5, 5.41) is 0.823. The van der Waals surface area contributed by atoms with Crippen molar-refractivity contribution in [3.63, 3.8) is 0 Å². The fraction of sp³-hybridized carbons (Fsp3) is 0.625. The smallest absolute Gasteiger partial charge is 0.0721 e. The lowest BCUT2D eigenvalue weighted by molar-refractivity contribution is 0.0821. The highest BCUT2D eigenvalue weighted by atomic mass is 35.5. The Bertz CT molecular complexity index is 438. The van der Waals surface area contributed by atoms with E-state index in [4.69, 9.17) is 22.1 Å². The maximum atomic E-state index is 6.41. The Kier molecular flexibility index (Phi) is 5.70. The van der Waals surface area contributed by atoms with Crippen molar-refractivity contribution in [2.45, 2.75) is 45.3 Å². The lowest BCUT2D eigenvalue weighted by atomic mass is 10.0. The topological polar surface area (TPSA) is 38.5 Å². The number of anilines is 1. The Morgan fingerprint density at radius 3 is 3.00 bits per heavy atom. The molecule has 4 heteroatoms. The fourth-order valence-electron chi connectivity index (χ4n) is 2.55. The maximum absolute atomic E-state index is 6.41. The predicted octanol–water partition coefficient (Wildman–Crippen LogP) is 3.24. The van der Waals surface area contributed by atoms with Crippen molar-refractivity contribution in [1.29, 1.82) is 0 Å². The van der Waals surface area contributed by atoms with Gasteiger partial charge < -0.3 is 15.4 Å². The van der Waals surface area contributed by atoms with E-state index >= 15 is 0 Å². The number of nitrogens with two attached hydrogens (primary N) is 1. The van der Waals surface area contributed by atoms with Crippen molar-refractivity contribution >= 4 is 17.3 Å². The molecule has 1 aromatic carbocycles. The van der Waals surface area contributed by atoms with E-state index in [0.29, 0.717) is 0 Å². The minimum Gasteiger partial charge on any atom is -0.377 e. The van der Waals surface area contributed by atoms with Gasteiger partial charge in [0.2, 0.25) is 0 Å². The summed E-state index contributed by atoms with van der Waals surface area (Å²) < 4.78 is 5.68. The maximum Gasteiger partial charge on any atom is 0.0721 e. The molecule has 1 fully saturated rings. The van der Waals surface area contributed by atoms with Gasteiger partial charge in [0.15, 0.2) is 0 Å². The second kappa shape index (κ2) is 7.30. The molecule has 112 valence electrons. The second-order valence-electron chi connectivity index (χ2n) is 5.63. The molecule has 1 saturated heterocycles. The van der Waals surface area contributed by atoms with Crippen LogP contribution in [0.2, 0.25) is 5.02 Å². The van der Waals surface area contributed by atoms with Crippen LogP contribution in [0.5, 0.6) is 0 Å². The van der Waals surface area contributed by atoms with Gasteiger partial charge in [-0.25, -0.2) is 0 Å². The molecule has 1 aliphatic heterocycles. The first kappa shape index (κ1) is 15.6. The van der Waals surface area contributed by atoms with Gasteiger partial charge in [-0.15, -0.1) is 0 Å². The number of benzene rings is 1. The average Bonchev–Trinajstić information content (AvgIpc) is 2.65. The van der Waals surface area contributed by atoms with Gasteiger partial charge in [0.25, 0.3) is 0 Å². The van der Waals surface area contributed by atoms with Crippen LogP contribution in [-0.2, 0) is 11.2 Å². The molecule has 2 rings (SSSR count). The standard InChI is InChI=1S/C16H25ClN2O/c1-3-14(18)9-13-5-6-15(10-16(13)17)19-7-4-8-20-12(2)11-19/h5-6,10,12,14H,3-4,7-9,11,18H2,1-2H3. The Labute approximate surface area is 127 Å². The Hall–Kier alpha value is -0.770. The van der Waals surface area contributed by atoms with Crippen LogP contribution in [0.4, 0.5) is 5.69 Å². The van der Waals surface area contributed by atoms with Crippen molar-refractivity contribution in [2.24, 2.45) is 5.73 Å². The number of hydrogen-bond acceptors (Lipinski definition) is 3. The van der Waals surface area contributed by atoms with Crippen molar-refractivity contribution in [2.75, 3.05) is 24.6 Å². The highest BCUT2D eigenvalue weighted by Crippen LogP contribution is 2.26. The van der Waals surface area contributed by atoms with Crippen molar-refractivity contribution in [1.82, 2.24) is 0 Å². The summed E-state index contributed by atoms with van der Waals surface area (Å²) in [6, 6.07) is 6.52. The van der Waals surface area contributed by atoms with Crippen molar-refractivity contribution < 1.29 is 4.74 Å². The Morgan fingerprint density at radius 1 is 1.50 bits per heavy atom. The van der Waals surface area contributed by atoms with Gasteiger partial charge in [-0.3, -0.25) is 0 Å². The third-order valence-electron chi connectivity index (χ3n) is 3.86. The summed E-state index contributed by atoms with van der Waals surface area (Å²) in [6.07, 6.45) is 3.14. The SMILES string of the molecule is CCC(N)Cc1ccc(N2CCCOC(C)C2)cc1Cl. The molecule has 1 aromatic rings. The number of hydrogen-bond donors (Lipinski definition) is 1. The van der Waals surface area contributed by atoms with E-state index in [2.05, 4.69) is 36.9 Å². The van der Waals surface area contributed by atoms with Crippen LogP contribution in [0, 0.1) is 0 Å². The minimum atomic E-state index is 0.185. The first-order chi connectivity index (χ1) is 9.60. The van der Waals surface area contributed by atoms with E-state index < -0.39 is 0 Å². The molecule has 1 heterocycles. The van der Waals surface area contributed by atoms with Crippen LogP contribution in [0.25, 0.3) is 0 Å². The molecule has 0 amide bonds. The van der Waals surface area contributed by atoms with E-state index in [-0.39, 0.29) is 12.1 Å². The zero-order chi connectivity index (χ0) is 14.5. The predicted molar refractivity (Wildman–Crippen MR) is 85.7 cm³/mol. The monoisotopic (exact) mass is 296 g/mol. The molecule has 0 saturated carbocycles. The van der Waals surface area contributed by atoms with Crippen LogP contribution in [0.3, 0.4) is 0 Å². The molecule has 0 spiro atoms. The Balaban J connectivity index is 2.11. The quantitative estimate of drug-likeness (QED) is 0.927. The zero-order valence-corrected chi connectivity index (χ0v) is 13.2. The van der Waals surface area contributed by atoms with Crippen molar-refractivity contribution in [3.05, 3.63) is 28.8 Å². The van der Waals surface area contributed by atoms with E-state index in [1.165, 1.54) is 5.69 Å². The molecule has 2 N–H and O–H groups in total. The highest BCUT2D eigenvalue weighted by molar-refractivity contribution is 6.31. The number of rotatable bonds is 4. The molecule has 2 atom stereocenters. The van der Waals surface area contributed by atoms with Gasteiger partial charge in [-0.1, -0.05) is 24.6 Å². The third kappa shape index (κ3) is 4.11. The fourth-order valence-corrected chi connectivity index (χ4v) is 2.81. The lowest BCUT2D eigenvalue weighted by Gasteiger charge is -2.25. The van der Waals surface area contributed by atoms with Gasteiger partial charge in [0.1, 0.15) is 0 Å². The number of ether oxygens (including phenoxy) is 1. The van der Waals surface area contributed by atoms with E-state index in [1.54, 1.807) is 0 Å². The van der Waals surface area contributed by atoms with E-state index in [1.807, 2.05) is 0 Å². The van der Waals surface area contributed by atoms with Gasteiger partial charge in [0, 0.05) is 36.4 Å². The molecule has 0 bridgehead atoms. The van der Waals surface area contributed by atoms with Crippen LogP contribution in [0.1, 0.15) is 32.3 Å². The van der Waals surface area contributed by atoms with E-state index in [0.717, 1.165) is 49.5 Å².